The van der Waals surface area contributed by atoms with E-state index in [-0.39, 0.29) is 0 Å². The first kappa shape index (κ1) is 26.5. The summed E-state index contributed by atoms with van der Waals surface area (Å²) in [5, 5.41) is 11.7. The first-order valence-electron chi connectivity index (χ1n) is 11.0. The highest BCUT2D eigenvalue weighted by Gasteiger charge is 2.05. The average molecular weight is 462 g/mol. The molecule has 0 amide bonds. The fourth-order valence-electron chi connectivity index (χ4n) is 3.46. The van der Waals surface area contributed by atoms with Crippen LogP contribution in [-0.4, -0.2) is 20.1 Å². The van der Waals surface area contributed by atoms with Gasteiger partial charge in [0.1, 0.15) is 0 Å². The van der Waals surface area contributed by atoms with Gasteiger partial charge < -0.3 is 14.3 Å². The third-order valence-electron chi connectivity index (χ3n) is 5.37. The quantitative estimate of drug-likeness (QED) is 0.134. The van der Waals surface area contributed by atoms with Gasteiger partial charge in [-0.25, -0.2) is 0 Å². The summed E-state index contributed by atoms with van der Waals surface area (Å²) in [4.78, 5) is 0. The molecular formula is C31H31N3O. The largest absolute Gasteiger partial charge is 0.411 e. The number of hydrogen-bond donors (Lipinski definition) is 1. The van der Waals surface area contributed by atoms with Crippen LogP contribution >= 0.6 is 0 Å². The van der Waals surface area contributed by atoms with Crippen molar-refractivity contribution in [2.45, 2.75) is 13.8 Å². The Hall–Kier alpha value is -4.75. The van der Waals surface area contributed by atoms with Crippen LogP contribution in [0.25, 0.3) is 40.5 Å². The van der Waals surface area contributed by atoms with Gasteiger partial charge in [0.25, 0.3) is 0 Å². The van der Waals surface area contributed by atoms with Gasteiger partial charge in [-0.15, -0.1) is 12.8 Å². The lowest BCUT2D eigenvalue weighted by atomic mass is 10.1. The Morgan fingerprint density at radius 2 is 1.14 bits per heavy atom. The Morgan fingerprint density at radius 3 is 1.49 bits per heavy atom. The van der Waals surface area contributed by atoms with E-state index in [9.17, 15) is 0 Å². The summed E-state index contributed by atoms with van der Waals surface area (Å²) in [6, 6.07) is 24.5. The van der Waals surface area contributed by atoms with Crippen molar-refractivity contribution in [1.82, 2.24) is 9.13 Å². The zero-order valence-corrected chi connectivity index (χ0v) is 20.3. The molecule has 176 valence electrons. The van der Waals surface area contributed by atoms with E-state index in [0.29, 0.717) is 5.71 Å². The summed E-state index contributed by atoms with van der Waals surface area (Å²) in [5.74, 6) is 0. The van der Waals surface area contributed by atoms with Gasteiger partial charge in [0, 0.05) is 24.8 Å². The minimum atomic E-state index is 0.619. The molecule has 4 nitrogen and oxygen atoms in total. The lowest BCUT2D eigenvalue weighted by molar-refractivity contribution is 0.319. The highest BCUT2D eigenvalue weighted by Crippen LogP contribution is 2.26. The molecule has 0 unspecified atom stereocenters. The standard InChI is InChI=1S/C18H16N2.C11H13NO.C2H2/c1-3-19-13-5-7-17(19)15-9-11-16(12-10-15)18-8-6-14-20(18)4-2;1-8(2)10-4-6-11(7-5-10)9(3)12-13;1-2/h3-14H,1-2H2;4-7,13H,1H2,2-3H3;1-2H/b;12-9-;. The van der Waals surface area contributed by atoms with Gasteiger partial charge in [0.15, 0.2) is 0 Å². The van der Waals surface area contributed by atoms with Crippen LogP contribution in [0.5, 0.6) is 0 Å². The van der Waals surface area contributed by atoms with E-state index < -0.39 is 0 Å². The molecule has 0 aliphatic heterocycles. The zero-order valence-electron chi connectivity index (χ0n) is 20.3. The fourth-order valence-corrected chi connectivity index (χ4v) is 3.46. The third-order valence-corrected chi connectivity index (χ3v) is 5.37. The minimum Gasteiger partial charge on any atom is -0.411 e. The number of hydrogen-bond acceptors (Lipinski definition) is 2. The van der Waals surface area contributed by atoms with Gasteiger partial charge in [0.05, 0.1) is 17.1 Å². The predicted molar refractivity (Wildman–Crippen MR) is 151 cm³/mol. The van der Waals surface area contributed by atoms with Crippen LogP contribution in [0.1, 0.15) is 25.0 Å². The van der Waals surface area contributed by atoms with Gasteiger partial charge in [-0.05, 0) is 60.4 Å². The molecule has 2 heterocycles. The van der Waals surface area contributed by atoms with Gasteiger partial charge in [-0.1, -0.05) is 79.0 Å². The first-order chi connectivity index (χ1) is 17.0. The summed E-state index contributed by atoms with van der Waals surface area (Å²) in [5.41, 5.74) is 8.32. The van der Waals surface area contributed by atoms with Crippen molar-refractivity contribution in [2.75, 3.05) is 0 Å². The molecular weight excluding hydrogens is 430 g/mol. The Labute approximate surface area is 208 Å². The molecule has 0 aliphatic rings. The monoisotopic (exact) mass is 461 g/mol. The molecule has 0 aliphatic carbocycles. The van der Waals surface area contributed by atoms with Gasteiger partial charge in [-0.2, -0.15) is 0 Å². The van der Waals surface area contributed by atoms with Crippen molar-refractivity contribution >= 4 is 23.7 Å². The number of benzene rings is 2. The summed E-state index contributed by atoms with van der Waals surface area (Å²) in [6.07, 6.45) is 15.6. The summed E-state index contributed by atoms with van der Waals surface area (Å²) in [7, 11) is 0. The maximum atomic E-state index is 8.54. The predicted octanol–water partition coefficient (Wildman–Crippen LogP) is 7.99. The average Bonchev–Trinajstić information content (AvgIpc) is 3.59. The SMILES string of the molecule is C#C.C=C(C)c1ccc(/C(C)=N\O)cc1.C=Cn1cccc1-c1ccc(-c2cccn2C=C)cc1. The Kier molecular flexibility index (Phi) is 9.90. The lowest BCUT2D eigenvalue weighted by Gasteiger charge is -2.07. The number of allylic oxidation sites excluding steroid dienone is 1. The van der Waals surface area contributed by atoms with Gasteiger partial charge in [0.2, 0.25) is 0 Å². The number of nitrogens with zero attached hydrogens (tertiary/aromatic N) is 3. The Bertz CT molecular complexity index is 1250. The van der Waals surface area contributed by atoms with E-state index in [1.807, 2.05) is 77.2 Å². The number of terminal acetylenes is 1. The topological polar surface area (TPSA) is 42.5 Å². The molecule has 0 bridgehead atoms. The van der Waals surface area contributed by atoms with Crippen LogP contribution in [0.2, 0.25) is 0 Å². The van der Waals surface area contributed by atoms with Crippen molar-refractivity contribution in [2.24, 2.45) is 5.16 Å². The van der Waals surface area contributed by atoms with Crippen molar-refractivity contribution < 1.29 is 5.21 Å². The second-order valence-corrected chi connectivity index (χ2v) is 7.59. The molecule has 2 aromatic heterocycles. The summed E-state index contributed by atoms with van der Waals surface area (Å²) in [6.45, 7) is 15.2. The summed E-state index contributed by atoms with van der Waals surface area (Å²) >= 11 is 0. The second kappa shape index (κ2) is 13.1. The van der Waals surface area contributed by atoms with E-state index in [0.717, 1.165) is 28.1 Å². The number of oxime groups is 1. The van der Waals surface area contributed by atoms with Crippen LogP contribution < -0.4 is 0 Å². The first-order valence-corrected chi connectivity index (χ1v) is 11.0. The minimum absolute atomic E-state index is 0.619. The number of aromatic nitrogens is 2. The molecule has 2 aromatic carbocycles. The van der Waals surface area contributed by atoms with Crippen molar-refractivity contribution in [3.8, 4) is 35.4 Å². The normalized spacial score (nSPS) is 10.2. The van der Waals surface area contributed by atoms with E-state index in [2.05, 4.69) is 74.1 Å². The molecule has 0 saturated carbocycles. The Morgan fingerprint density at radius 1 is 0.743 bits per heavy atom. The molecule has 1 N–H and O–H groups in total. The molecule has 4 rings (SSSR count). The molecule has 0 spiro atoms. The summed E-state index contributed by atoms with van der Waals surface area (Å²) < 4.78 is 4.03. The van der Waals surface area contributed by atoms with Crippen LogP contribution in [0, 0.1) is 12.8 Å². The van der Waals surface area contributed by atoms with Crippen molar-refractivity contribution in [1.29, 1.82) is 0 Å². The highest BCUT2D eigenvalue weighted by atomic mass is 16.4. The molecule has 35 heavy (non-hydrogen) atoms. The van der Waals surface area contributed by atoms with Gasteiger partial charge >= 0.3 is 0 Å². The van der Waals surface area contributed by atoms with E-state index in [4.69, 9.17) is 5.21 Å². The van der Waals surface area contributed by atoms with Crippen molar-refractivity contribution in [3.63, 3.8) is 0 Å². The van der Waals surface area contributed by atoms with Crippen LogP contribution in [0.4, 0.5) is 0 Å². The third kappa shape index (κ3) is 6.63. The number of rotatable bonds is 6. The zero-order chi connectivity index (χ0) is 25.8. The molecule has 0 atom stereocenters. The van der Waals surface area contributed by atoms with Gasteiger partial charge in [-0.3, -0.25) is 0 Å². The second-order valence-electron chi connectivity index (χ2n) is 7.59. The molecule has 4 aromatic rings. The molecule has 0 fully saturated rings. The molecule has 0 radical (unpaired) electrons. The van der Waals surface area contributed by atoms with E-state index in [1.54, 1.807) is 6.92 Å². The van der Waals surface area contributed by atoms with Crippen LogP contribution in [0.15, 0.2) is 110 Å². The van der Waals surface area contributed by atoms with Crippen LogP contribution in [-0.2, 0) is 0 Å². The van der Waals surface area contributed by atoms with Crippen molar-refractivity contribution in [3.05, 3.63) is 116 Å². The van der Waals surface area contributed by atoms with E-state index >= 15 is 0 Å². The highest BCUT2D eigenvalue weighted by molar-refractivity contribution is 5.98. The van der Waals surface area contributed by atoms with Crippen LogP contribution in [0.3, 0.4) is 0 Å². The maximum Gasteiger partial charge on any atom is 0.0836 e. The maximum absolute atomic E-state index is 8.54. The lowest BCUT2D eigenvalue weighted by Crippen LogP contribution is -1.93. The molecule has 4 heteroatoms. The Balaban J connectivity index is 0.000000251. The smallest absolute Gasteiger partial charge is 0.0836 e. The molecule has 0 saturated heterocycles. The van der Waals surface area contributed by atoms with E-state index in [1.165, 1.54) is 11.1 Å². The fraction of sp³-hybridized carbons (Fsp3) is 0.0645.